The molecule has 0 radical (unpaired) electrons. The fourth-order valence-corrected chi connectivity index (χ4v) is 2.34. The van der Waals surface area contributed by atoms with E-state index in [9.17, 15) is 0 Å². The van der Waals surface area contributed by atoms with Crippen molar-refractivity contribution in [1.82, 2.24) is 5.16 Å². The Morgan fingerprint density at radius 2 is 1.53 bits per heavy atom. The number of rotatable bonds is 12. The largest absolute Gasteiger partial charge is 0.388 e. The number of hydrogen-bond donors (Lipinski definition) is 1. The highest BCUT2D eigenvalue weighted by molar-refractivity contribution is 5.04. The zero-order valence-corrected chi connectivity index (χ0v) is 12.4. The van der Waals surface area contributed by atoms with E-state index >= 15 is 0 Å². The maximum absolute atomic E-state index is 8.86. The highest BCUT2D eigenvalue weighted by Crippen LogP contribution is 2.12. The van der Waals surface area contributed by atoms with Gasteiger partial charge >= 0.3 is 0 Å². The topological polar surface area (TPSA) is 46.3 Å². The van der Waals surface area contributed by atoms with E-state index in [-0.39, 0.29) is 6.61 Å². The smallest absolute Gasteiger partial charge is 0.162 e. The molecule has 0 saturated heterocycles. The van der Waals surface area contributed by atoms with Gasteiger partial charge in [0.15, 0.2) is 5.76 Å². The highest BCUT2D eigenvalue weighted by atomic mass is 16.5. The van der Waals surface area contributed by atoms with Crippen molar-refractivity contribution in [3.63, 3.8) is 0 Å². The van der Waals surface area contributed by atoms with E-state index < -0.39 is 0 Å². The van der Waals surface area contributed by atoms with Crippen LogP contribution in [0, 0.1) is 0 Å². The van der Waals surface area contributed by atoms with Crippen molar-refractivity contribution in [2.45, 2.75) is 84.2 Å². The number of aromatic nitrogens is 1. The van der Waals surface area contributed by atoms with E-state index in [4.69, 9.17) is 9.63 Å². The Labute approximate surface area is 117 Å². The first-order valence-corrected chi connectivity index (χ1v) is 7.92. The van der Waals surface area contributed by atoms with E-state index in [1.165, 1.54) is 64.2 Å². The number of aryl methyl sites for hydroxylation is 1. The first-order valence-electron chi connectivity index (χ1n) is 7.92. The lowest BCUT2D eigenvalue weighted by Gasteiger charge is -2.01. The van der Waals surface area contributed by atoms with E-state index in [1.54, 1.807) is 0 Å². The van der Waals surface area contributed by atoms with Gasteiger partial charge in [-0.05, 0) is 12.8 Å². The molecule has 0 aliphatic heterocycles. The van der Waals surface area contributed by atoms with Gasteiger partial charge in [-0.15, -0.1) is 0 Å². The van der Waals surface area contributed by atoms with Gasteiger partial charge in [0, 0.05) is 6.07 Å². The molecule has 110 valence electrons. The maximum atomic E-state index is 8.86. The number of nitrogens with zero attached hydrogens (tertiary/aromatic N) is 1. The lowest BCUT2D eigenvalue weighted by molar-refractivity contribution is 0.228. The molecule has 0 saturated carbocycles. The molecule has 0 atom stereocenters. The minimum absolute atomic E-state index is 0.0506. The van der Waals surface area contributed by atoms with Crippen molar-refractivity contribution >= 4 is 0 Å². The quantitative estimate of drug-likeness (QED) is 0.562. The number of aliphatic hydroxyl groups excluding tert-OH is 1. The highest BCUT2D eigenvalue weighted by Gasteiger charge is 2.02. The molecule has 1 N–H and O–H groups in total. The van der Waals surface area contributed by atoms with Crippen LogP contribution < -0.4 is 0 Å². The Kier molecular flexibility index (Phi) is 9.42. The van der Waals surface area contributed by atoms with Gasteiger partial charge in [-0.2, -0.15) is 0 Å². The maximum Gasteiger partial charge on any atom is 0.162 e. The second kappa shape index (κ2) is 11.0. The molecule has 0 amide bonds. The van der Waals surface area contributed by atoms with Gasteiger partial charge in [0.2, 0.25) is 0 Å². The summed E-state index contributed by atoms with van der Waals surface area (Å²) < 4.78 is 4.96. The molecule has 0 spiro atoms. The summed E-state index contributed by atoms with van der Waals surface area (Å²) in [4.78, 5) is 0. The molecule has 19 heavy (non-hydrogen) atoms. The normalized spacial score (nSPS) is 11.1. The van der Waals surface area contributed by atoms with Crippen molar-refractivity contribution in [3.05, 3.63) is 17.5 Å². The predicted molar refractivity (Wildman–Crippen MR) is 78.0 cm³/mol. The summed E-state index contributed by atoms with van der Waals surface area (Å²) in [5.74, 6) is 0.571. The molecule has 0 aliphatic carbocycles. The Bertz CT molecular complexity index is 309. The Balaban J connectivity index is 1.86. The Morgan fingerprint density at radius 1 is 0.947 bits per heavy atom. The van der Waals surface area contributed by atoms with Crippen molar-refractivity contribution < 1.29 is 9.63 Å². The second-order valence-electron chi connectivity index (χ2n) is 5.37. The fourth-order valence-electron chi connectivity index (χ4n) is 2.34. The molecule has 3 nitrogen and oxygen atoms in total. The molecular formula is C16H29NO2. The van der Waals surface area contributed by atoms with Crippen LogP contribution in [-0.2, 0) is 13.0 Å². The van der Waals surface area contributed by atoms with E-state index in [0.29, 0.717) is 5.76 Å². The van der Waals surface area contributed by atoms with Crippen LogP contribution in [0.15, 0.2) is 10.6 Å². The molecule has 0 aliphatic rings. The molecule has 1 rings (SSSR count). The molecule has 0 aromatic carbocycles. The van der Waals surface area contributed by atoms with Crippen LogP contribution in [0.1, 0.15) is 82.6 Å². The van der Waals surface area contributed by atoms with Crippen LogP contribution in [0.5, 0.6) is 0 Å². The average Bonchev–Trinajstić information content (AvgIpc) is 2.89. The third-order valence-electron chi connectivity index (χ3n) is 3.55. The third kappa shape index (κ3) is 8.04. The molecule has 3 heteroatoms. The molecule has 1 aromatic heterocycles. The summed E-state index contributed by atoms with van der Waals surface area (Å²) >= 11 is 0. The van der Waals surface area contributed by atoms with Crippen molar-refractivity contribution in [2.24, 2.45) is 0 Å². The first kappa shape index (κ1) is 16.2. The standard InChI is InChI=1S/C16H29NO2/c1-2-3-4-5-6-7-8-9-10-11-12-15-13-16(14-18)19-17-15/h13,18H,2-12,14H2,1H3. The van der Waals surface area contributed by atoms with Crippen molar-refractivity contribution in [3.8, 4) is 0 Å². The number of hydrogen-bond acceptors (Lipinski definition) is 3. The minimum Gasteiger partial charge on any atom is -0.388 e. The van der Waals surface area contributed by atoms with Gasteiger partial charge in [0.25, 0.3) is 0 Å². The monoisotopic (exact) mass is 267 g/mol. The molecule has 1 heterocycles. The lowest BCUT2D eigenvalue weighted by atomic mass is 10.1. The molecular weight excluding hydrogens is 238 g/mol. The van der Waals surface area contributed by atoms with Crippen LogP contribution in [0.25, 0.3) is 0 Å². The second-order valence-corrected chi connectivity index (χ2v) is 5.37. The van der Waals surface area contributed by atoms with Crippen molar-refractivity contribution in [2.75, 3.05) is 0 Å². The van der Waals surface area contributed by atoms with Gasteiger partial charge in [0.1, 0.15) is 6.61 Å². The van der Waals surface area contributed by atoms with Gasteiger partial charge in [-0.1, -0.05) is 69.9 Å². The third-order valence-corrected chi connectivity index (χ3v) is 3.55. The molecule has 0 fully saturated rings. The lowest BCUT2D eigenvalue weighted by Crippen LogP contribution is -1.86. The molecule has 1 aromatic rings. The van der Waals surface area contributed by atoms with E-state index in [0.717, 1.165) is 12.1 Å². The zero-order chi connectivity index (χ0) is 13.8. The first-order chi connectivity index (χ1) is 9.36. The van der Waals surface area contributed by atoms with Crippen LogP contribution in [-0.4, -0.2) is 10.3 Å². The van der Waals surface area contributed by atoms with Crippen LogP contribution in [0.4, 0.5) is 0 Å². The SMILES string of the molecule is CCCCCCCCCCCCc1cc(CO)on1. The van der Waals surface area contributed by atoms with Gasteiger partial charge in [-0.25, -0.2) is 0 Å². The van der Waals surface area contributed by atoms with Crippen molar-refractivity contribution in [1.29, 1.82) is 0 Å². The Morgan fingerprint density at radius 3 is 2.05 bits per heavy atom. The Hall–Kier alpha value is -0.830. The number of aliphatic hydroxyl groups is 1. The van der Waals surface area contributed by atoms with E-state index in [1.807, 2.05) is 6.07 Å². The summed E-state index contributed by atoms with van der Waals surface area (Å²) in [6, 6.07) is 1.85. The minimum atomic E-state index is -0.0506. The summed E-state index contributed by atoms with van der Waals surface area (Å²) in [5, 5.41) is 12.8. The summed E-state index contributed by atoms with van der Waals surface area (Å²) in [6.07, 6.45) is 14.5. The predicted octanol–water partition coefficient (Wildman–Crippen LogP) is 4.63. The van der Waals surface area contributed by atoms with Crippen LogP contribution in [0.3, 0.4) is 0 Å². The van der Waals surface area contributed by atoms with Crippen LogP contribution in [0.2, 0.25) is 0 Å². The average molecular weight is 267 g/mol. The summed E-state index contributed by atoms with van der Waals surface area (Å²) in [5.41, 5.74) is 0.976. The summed E-state index contributed by atoms with van der Waals surface area (Å²) in [6.45, 7) is 2.21. The number of unbranched alkanes of at least 4 members (excludes halogenated alkanes) is 9. The zero-order valence-electron chi connectivity index (χ0n) is 12.4. The van der Waals surface area contributed by atoms with Gasteiger partial charge in [0.05, 0.1) is 5.69 Å². The molecule has 0 unspecified atom stereocenters. The van der Waals surface area contributed by atoms with Gasteiger partial charge < -0.3 is 9.63 Å². The molecule has 0 bridgehead atoms. The fraction of sp³-hybridized carbons (Fsp3) is 0.812. The summed E-state index contributed by atoms with van der Waals surface area (Å²) in [7, 11) is 0. The van der Waals surface area contributed by atoms with Gasteiger partial charge in [-0.3, -0.25) is 0 Å². The van der Waals surface area contributed by atoms with Crippen LogP contribution >= 0.6 is 0 Å². The van der Waals surface area contributed by atoms with E-state index in [2.05, 4.69) is 12.1 Å².